The molecule has 1 heterocycles. The van der Waals surface area contributed by atoms with Gasteiger partial charge in [0.25, 0.3) is 0 Å². The first-order valence-corrected chi connectivity index (χ1v) is 7.88. The van der Waals surface area contributed by atoms with Gasteiger partial charge in [0.05, 0.1) is 14.2 Å². The number of ether oxygens (including phenoxy) is 2. The molecule has 1 aliphatic heterocycles. The maximum Gasteiger partial charge on any atom is 0.164 e. The van der Waals surface area contributed by atoms with E-state index in [4.69, 9.17) is 9.47 Å². The first kappa shape index (κ1) is 13.6. The summed E-state index contributed by atoms with van der Waals surface area (Å²) in [6, 6.07) is 11.0. The van der Waals surface area contributed by atoms with E-state index in [0.29, 0.717) is 5.92 Å². The average molecular weight is 295 g/mol. The summed E-state index contributed by atoms with van der Waals surface area (Å²) in [5, 5.41) is 3.56. The summed E-state index contributed by atoms with van der Waals surface area (Å²) in [4.78, 5) is 0. The van der Waals surface area contributed by atoms with Crippen LogP contribution < -0.4 is 14.8 Å². The van der Waals surface area contributed by atoms with Crippen LogP contribution in [0.1, 0.15) is 33.7 Å². The third kappa shape index (κ3) is 1.92. The Balaban J connectivity index is 1.99. The molecule has 2 aromatic rings. The van der Waals surface area contributed by atoms with Crippen molar-refractivity contribution in [1.29, 1.82) is 0 Å². The number of hydrogen-bond acceptors (Lipinski definition) is 3. The van der Waals surface area contributed by atoms with Crippen LogP contribution in [0.15, 0.2) is 30.3 Å². The normalized spacial score (nSPS) is 18.9. The molecular weight excluding hydrogens is 274 g/mol. The van der Waals surface area contributed by atoms with Gasteiger partial charge in [-0.1, -0.05) is 24.3 Å². The predicted octanol–water partition coefficient (Wildman–Crippen LogP) is 3.04. The van der Waals surface area contributed by atoms with Crippen molar-refractivity contribution in [2.45, 2.75) is 25.3 Å². The van der Waals surface area contributed by atoms with Crippen LogP contribution in [0.2, 0.25) is 0 Å². The lowest BCUT2D eigenvalue weighted by molar-refractivity contribution is 0.349. The fourth-order valence-corrected chi connectivity index (χ4v) is 4.05. The molecule has 2 aliphatic rings. The number of aryl methyl sites for hydroxylation is 1. The van der Waals surface area contributed by atoms with Crippen LogP contribution in [0.5, 0.6) is 11.5 Å². The van der Waals surface area contributed by atoms with E-state index in [1.807, 2.05) is 0 Å². The molecule has 0 amide bonds. The van der Waals surface area contributed by atoms with Crippen molar-refractivity contribution in [3.63, 3.8) is 0 Å². The molecule has 1 N–H and O–H groups in total. The van der Waals surface area contributed by atoms with Gasteiger partial charge in [-0.3, -0.25) is 0 Å². The monoisotopic (exact) mass is 295 g/mol. The van der Waals surface area contributed by atoms with Crippen LogP contribution in [-0.4, -0.2) is 20.8 Å². The SMILES string of the molecule is COc1cc2c3c(c1OC)CCc1ccccc1C3CNC2. The van der Waals surface area contributed by atoms with Gasteiger partial charge in [0.15, 0.2) is 11.5 Å². The Morgan fingerprint density at radius 1 is 1.05 bits per heavy atom. The molecule has 0 radical (unpaired) electrons. The first-order valence-electron chi connectivity index (χ1n) is 7.88. The number of rotatable bonds is 2. The second kappa shape index (κ2) is 5.33. The Bertz CT molecular complexity index is 724. The van der Waals surface area contributed by atoms with Gasteiger partial charge in [0.1, 0.15) is 0 Å². The molecule has 1 unspecified atom stereocenters. The quantitative estimate of drug-likeness (QED) is 0.924. The van der Waals surface area contributed by atoms with Crippen LogP contribution in [0, 0.1) is 0 Å². The van der Waals surface area contributed by atoms with Crippen LogP contribution in [0.3, 0.4) is 0 Å². The van der Waals surface area contributed by atoms with E-state index in [1.54, 1.807) is 14.2 Å². The fourth-order valence-electron chi connectivity index (χ4n) is 4.05. The molecule has 114 valence electrons. The van der Waals surface area contributed by atoms with E-state index in [2.05, 4.69) is 35.6 Å². The van der Waals surface area contributed by atoms with Gasteiger partial charge in [-0.25, -0.2) is 0 Å². The molecule has 3 heteroatoms. The van der Waals surface area contributed by atoms with Gasteiger partial charge < -0.3 is 14.8 Å². The Hall–Kier alpha value is -2.00. The maximum absolute atomic E-state index is 5.72. The highest BCUT2D eigenvalue weighted by atomic mass is 16.5. The number of hydrogen-bond donors (Lipinski definition) is 1. The Morgan fingerprint density at radius 3 is 2.73 bits per heavy atom. The molecule has 3 nitrogen and oxygen atoms in total. The fraction of sp³-hybridized carbons (Fsp3) is 0.368. The largest absolute Gasteiger partial charge is 0.493 e. The van der Waals surface area contributed by atoms with Gasteiger partial charge >= 0.3 is 0 Å². The summed E-state index contributed by atoms with van der Waals surface area (Å²) in [7, 11) is 3.46. The molecule has 2 aromatic carbocycles. The van der Waals surface area contributed by atoms with Crippen LogP contribution in [0.25, 0.3) is 0 Å². The molecule has 1 aliphatic carbocycles. The van der Waals surface area contributed by atoms with Gasteiger partial charge in [-0.05, 0) is 41.2 Å². The molecule has 0 fully saturated rings. The molecule has 22 heavy (non-hydrogen) atoms. The molecule has 1 atom stereocenters. The Kier molecular flexibility index (Phi) is 3.30. The van der Waals surface area contributed by atoms with Crippen molar-refractivity contribution in [1.82, 2.24) is 5.32 Å². The van der Waals surface area contributed by atoms with E-state index in [9.17, 15) is 0 Å². The summed E-state index contributed by atoms with van der Waals surface area (Å²) in [5.41, 5.74) is 7.06. The highest BCUT2D eigenvalue weighted by Gasteiger charge is 2.31. The summed E-state index contributed by atoms with van der Waals surface area (Å²) >= 11 is 0. The highest BCUT2D eigenvalue weighted by molar-refractivity contribution is 5.60. The minimum absolute atomic E-state index is 0.414. The lowest BCUT2D eigenvalue weighted by atomic mass is 9.82. The summed E-state index contributed by atoms with van der Waals surface area (Å²) in [5.74, 6) is 2.18. The second-order valence-electron chi connectivity index (χ2n) is 6.05. The van der Waals surface area contributed by atoms with Crippen molar-refractivity contribution < 1.29 is 9.47 Å². The number of methoxy groups -OCH3 is 2. The third-order valence-electron chi connectivity index (χ3n) is 4.99. The summed E-state index contributed by atoms with van der Waals surface area (Å²) in [6.45, 7) is 1.90. The predicted molar refractivity (Wildman–Crippen MR) is 86.9 cm³/mol. The maximum atomic E-state index is 5.72. The number of benzene rings is 2. The van der Waals surface area contributed by atoms with Gasteiger partial charge in [-0.15, -0.1) is 0 Å². The molecular formula is C19H21NO2. The van der Waals surface area contributed by atoms with Crippen molar-refractivity contribution in [3.8, 4) is 11.5 Å². The first-order chi connectivity index (χ1) is 10.8. The lowest BCUT2D eigenvalue weighted by Gasteiger charge is -2.30. The smallest absolute Gasteiger partial charge is 0.164 e. The van der Waals surface area contributed by atoms with Crippen molar-refractivity contribution in [2.24, 2.45) is 0 Å². The van der Waals surface area contributed by atoms with Gasteiger partial charge in [0.2, 0.25) is 0 Å². The second-order valence-corrected chi connectivity index (χ2v) is 6.05. The molecule has 0 bridgehead atoms. The zero-order chi connectivity index (χ0) is 15.1. The average Bonchev–Trinajstić information content (AvgIpc) is 2.74. The topological polar surface area (TPSA) is 30.5 Å². The van der Waals surface area contributed by atoms with E-state index in [-0.39, 0.29) is 0 Å². The van der Waals surface area contributed by atoms with E-state index < -0.39 is 0 Å². The van der Waals surface area contributed by atoms with Crippen molar-refractivity contribution in [2.75, 3.05) is 20.8 Å². The zero-order valence-electron chi connectivity index (χ0n) is 13.1. The van der Waals surface area contributed by atoms with Crippen LogP contribution in [-0.2, 0) is 19.4 Å². The lowest BCUT2D eigenvalue weighted by Crippen LogP contribution is -2.29. The highest BCUT2D eigenvalue weighted by Crippen LogP contribution is 2.45. The van der Waals surface area contributed by atoms with E-state index in [0.717, 1.165) is 37.4 Å². The van der Waals surface area contributed by atoms with Crippen LogP contribution in [0.4, 0.5) is 0 Å². The zero-order valence-corrected chi connectivity index (χ0v) is 13.1. The number of nitrogens with one attached hydrogen (secondary N) is 1. The Morgan fingerprint density at radius 2 is 1.91 bits per heavy atom. The van der Waals surface area contributed by atoms with E-state index in [1.165, 1.54) is 27.8 Å². The molecule has 4 rings (SSSR count). The van der Waals surface area contributed by atoms with Crippen LogP contribution >= 0.6 is 0 Å². The van der Waals surface area contributed by atoms with Crippen molar-refractivity contribution in [3.05, 3.63) is 58.1 Å². The van der Waals surface area contributed by atoms with E-state index >= 15 is 0 Å². The standard InChI is InChI=1S/C19H21NO2/c1-21-17-9-13-10-20-11-16-14-6-4-3-5-12(14)7-8-15(18(13)16)19(17)22-2/h3-6,9,16,20H,7-8,10-11H2,1-2H3. The van der Waals surface area contributed by atoms with Gasteiger partial charge in [-0.2, -0.15) is 0 Å². The molecule has 0 aromatic heterocycles. The molecule has 0 saturated heterocycles. The molecule has 0 saturated carbocycles. The third-order valence-corrected chi connectivity index (χ3v) is 4.99. The number of fused-ring (bicyclic) bond motifs is 2. The summed E-state index contributed by atoms with van der Waals surface area (Å²) in [6.07, 6.45) is 2.07. The Labute approximate surface area is 131 Å². The summed E-state index contributed by atoms with van der Waals surface area (Å²) < 4.78 is 11.3. The van der Waals surface area contributed by atoms with Crippen molar-refractivity contribution >= 4 is 0 Å². The van der Waals surface area contributed by atoms with Gasteiger partial charge in [0, 0.05) is 24.6 Å². The molecule has 0 spiro atoms. The minimum atomic E-state index is 0.414. The minimum Gasteiger partial charge on any atom is -0.493 e.